The summed E-state index contributed by atoms with van der Waals surface area (Å²) in [5, 5.41) is 19.2. The molecule has 68 heavy (non-hydrogen) atoms. The van der Waals surface area contributed by atoms with Gasteiger partial charge in [-0.3, -0.25) is 9.59 Å². The summed E-state index contributed by atoms with van der Waals surface area (Å²) < 4.78 is 10.6. The number of allylic oxidation sites excluding steroid dienone is 2. The Kier molecular flexibility index (Phi) is 49.4. The highest BCUT2D eigenvalue weighted by Gasteiger charge is 2.36. The van der Waals surface area contributed by atoms with E-state index in [2.05, 4.69) is 19.1 Å². The standard InChI is InChI=1S/C62H118O6/c1-2-3-4-5-6-7-8-9-10-11-12-13-14-15-16-17-18-19-20-21-22-23-24-25-26-27-28-29-30-31-32-33-34-35-36-37-38-39-40-41-42-43-44-45-46-47-48-49-50-51-52-53-59-54-60(65)67-57-62(55-63,56-64)58-68-61(59)66/h30-31,59,63-64H,2-29,32-58H2,1H3/b31-30+. The number of unbranched alkanes of at least 4 members (excludes halogenated alkanes) is 47. The van der Waals surface area contributed by atoms with Crippen LogP contribution in [0.15, 0.2) is 12.2 Å². The molecule has 1 rings (SSSR count). The molecule has 0 saturated carbocycles. The minimum Gasteiger partial charge on any atom is -0.465 e. The van der Waals surface area contributed by atoms with Crippen molar-refractivity contribution in [3.8, 4) is 0 Å². The van der Waals surface area contributed by atoms with Gasteiger partial charge in [0.2, 0.25) is 0 Å². The third kappa shape index (κ3) is 43.4. The molecule has 1 saturated heterocycles. The van der Waals surface area contributed by atoms with Crippen LogP contribution in [0.5, 0.6) is 0 Å². The molecule has 1 fully saturated rings. The Morgan fingerprint density at radius 1 is 0.382 bits per heavy atom. The maximum Gasteiger partial charge on any atom is 0.309 e. The van der Waals surface area contributed by atoms with E-state index in [1.165, 1.54) is 295 Å². The molecule has 0 aromatic heterocycles. The van der Waals surface area contributed by atoms with E-state index in [0.717, 1.165) is 19.3 Å². The number of rotatable bonds is 53. The van der Waals surface area contributed by atoms with Crippen molar-refractivity contribution >= 4 is 11.9 Å². The van der Waals surface area contributed by atoms with E-state index >= 15 is 0 Å². The second-order valence-electron chi connectivity index (χ2n) is 22.1. The fourth-order valence-electron chi connectivity index (χ4n) is 10.2. The SMILES string of the molecule is CCCCCCCCCCCCCCCCCCCCCCCCCCCCC/C=C/CCCCCCCCCCCCCCCCCCCCCCC1CC(=O)OCC(CO)(CO)COC1=O. The zero-order valence-corrected chi connectivity index (χ0v) is 45.7. The van der Waals surface area contributed by atoms with Gasteiger partial charge >= 0.3 is 11.9 Å². The van der Waals surface area contributed by atoms with Crippen molar-refractivity contribution < 1.29 is 29.3 Å². The summed E-state index contributed by atoms with van der Waals surface area (Å²) in [6.07, 6.45) is 74.2. The number of aliphatic hydroxyl groups excluding tert-OH is 2. The molecule has 1 atom stereocenters. The van der Waals surface area contributed by atoms with Crippen LogP contribution in [0.3, 0.4) is 0 Å². The zero-order chi connectivity index (χ0) is 49.0. The van der Waals surface area contributed by atoms with Gasteiger partial charge < -0.3 is 19.7 Å². The van der Waals surface area contributed by atoms with Crippen molar-refractivity contribution in [3.05, 3.63) is 12.2 Å². The van der Waals surface area contributed by atoms with E-state index in [-0.39, 0.29) is 19.6 Å². The largest absolute Gasteiger partial charge is 0.465 e. The monoisotopic (exact) mass is 959 g/mol. The van der Waals surface area contributed by atoms with Crippen molar-refractivity contribution in [2.45, 2.75) is 334 Å². The van der Waals surface area contributed by atoms with Crippen LogP contribution in [0.4, 0.5) is 0 Å². The summed E-state index contributed by atoms with van der Waals surface area (Å²) in [5.41, 5.74) is -1.12. The lowest BCUT2D eigenvalue weighted by Crippen LogP contribution is -2.40. The van der Waals surface area contributed by atoms with Gasteiger partial charge in [0, 0.05) is 0 Å². The van der Waals surface area contributed by atoms with Gasteiger partial charge in [-0.05, 0) is 32.1 Å². The predicted octanol–water partition coefficient (Wildman–Crippen LogP) is 19.1. The molecule has 2 N–H and O–H groups in total. The Morgan fingerprint density at radius 3 is 0.912 bits per heavy atom. The van der Waals surface area contributed by atoms with E-state index in [1.807, 2.05) is 0 Å². The van der Waals surface area contributed by atoms with Gasteiger partial charge in [0.25, 0.3) is 0 Å². The van der Waals surface area contributed by atoms with Crippen LogP contribution in [0.25, 0.3) is 0 Å². The molecule has 0 aromatic carbocycles. The Balaban J connectivity index is 1.69. The third-order valence-electron chi connectivity index (χ3n) is 15.3. The van der Waals surface area contributed by atoms with E-state index in [1.54, 1.807) is 0 Å². The van der Waals surface area contributed by atoms with E-state index in [0.29, 0.717) is 6.42 Å². The van der Waals surface area contributed by atoms with E-state index < -0.39 is 36.5 Å². The Morgan fingerprint density at radius 2 is 0.632 bits per heavy atom. The minimum atomic E-state index is -1.12. The molecular weight excluding hydrogens is 841 g/mol. The summed E-state index contributed by atoms with van der Waals surface area (Å²) in [6, 6.07) is 0. The molecule has 1 heterocycles. The average molecular weight is 960 g/mol. The molecule has 6 nitrogen and oxygen atoms in total. The number of hydrogen-bond donors (Lipinski definition) is 2. The van der Waals surface area contributed by atoms with Gasteiger partial charge in [-0.1, -0.05) is 308 Å². The van der Waals surface area contributed by atoms with Crippen LogP contribution in [0, 0.1) is 11.3 Å². The molecule has 0 radical (unpaired) electrons. The Bertz CT molecular complexity index is 1070. The molecule has 0 bridgehead atoms. The lowest BCUT2D eigenvalue weighted by Gasteiger charge is -2.27. The summed E-state index contributed by atoms with van der Waals surface area (Å²) in [6.45, 7) is 1.21. The number of ether oxygens (including phenoxy) is 2. The molecule has 1 aliphatic heterocycles. The fraction of sp³-hybridized carbons (Fsp3) is 0.935. The zero-order valence-electron chi connectivity index (χ0n) is 45.7. The van der Waals surface area contributed by atoms with Gasteiger partial charge in [-0.25, -0.2) is 0 Å². The lowest BCUT2D eigenvalue weighted by atomic mass is 9.92. The van der Waals surface area contributed by atoms with Crippen molar-refractivity contribution in [1.29, 1.82) is 0 Å². The molecule has 0 spiro atoms. The van der Waals surface area contributed by atoms with Crippen molar-refractivity contribution in [2.75, 3.05) is 26.4 Å². The first-order valence-electron chi connectivity index (χ1n) is 30.8. The molecule has 0 aromatic rings. The average Bonchev–Trinajstić information content (AvgIpc) is 3.40. The fourth-order valence-corrected chi connectivity index (χ4v) is 10.2. The highest BCUT2D eigenvalue weighted by molar-refractivity contribution is 5.80. The number of carbonyl (C=O) groups is 2. The Hall–Kier alpha value is -1.40. The van der Waals surface area contributed by atoms with Crippen LogP contribution in [0.2, 0.25) is 0 Å². The number of aliphatic hydroxyl groups is 2. The highest BCUT2D eigenvalue weighted by Crippen LogP contribution is 2.25. The first kappa shape index (κ1) is 64.6. The molecule has 6 heteroatoms. The van der Waals surface area contributed by atoms with Crippen molar-refractivity contribution in [3.63, 3.8) is 0 Å². The maximum atomic E-state index is 12.5. The summed E-state index contributed by atoms with van der Waals surface area (Å²) in [5.74, 6) is -1.40. The lowest BCUT2D eigenvalue weighted by molar-refractivity contribution is -0.155. The molecule has 402 valence electrons. The van der Waals surface area contributed by atoms with Gasteiger partial charge in [-0.15, -0.1) is 0 Å². The van der Waals surface area contributed by atoms with E-state index in [9.17, 15) is 19.8 Å². The quantitative estimate of drug-likeness (QED) is 0.0358. The number of esters is 2. The van der Waals surface area contributed by atoms with Crippen molar-refractivity contribution in [2.24, 2.45) is 11.3 Å². The summed E-state index contributed by atoms with van der Waals surface area (Å²) in [7, 11) is 0. The van der Waals surface area contributed by atoms with Crippen LogP contribution in [-0.2, 0) is 19.1 Å². The van der Waals surface area contributed by atoms with Gasteiger partial charge in [0.1, 0.15) is 13.2 Å². The highest BCUT2D eigenvalue weighted by atomic mass is 16.6. The normalized spacial score (nSPS) is 15.4. The first-order valence-corrected chi connectivity index (χ1v) is 30.8. The third-order valence-corrected chi connectivity index (χ3v) is 15.3. The Labute approximate surface area is 423 Å². The second-order valence-corrected chi connectivity index (χ2v) is 22.1. The minimum absolute atomic E-state index is 0.00402. The van der Waals surface area contributed by atoms with Gasteiger partial charge in [0.15, 0.2) is 0 Å². The smallest absolute Gasteiger partial charge is 0.309 e. The predicted molar refractivity (Wildman–Crippen MR) is 292 cm³/mol. The number of cyclic esters (lactones) is 2. The number of hydrogen-bond acceptors (Lipinski definition) is 6. The first-order chi connectivity index (χ1) is 33.6. The van der Waals surface area contributed by atoms with E-state index in [4.69, 9.17) is 9.47 Å². The molecule has 1 aliphatic rings. The molecular formula is C62H118O6. The topological polar surface area (TPSA) is 93.1 Å². The molecule has 0 aliphatic carbocycles. The number of carbonyl (C=O) groups excluding carboxylic acids is 2. The molecule has 0 amide bonds. The van der Waals surface area contributed by atoms with Crippen LogP contribution in [-0.4, -0.2) is 48.6 Å². The van der Waals surface area contributed by atoms with Gasteiger partial charge in [0.05, 0.1) is 31.0 Å². The molecule has 1 unspecified atom stereocenters. The summed E-state index contributed by atoms with van der Waals surface area (Å²) in [4.78, 5) is 24.7. The van der Waals surface area contributed by atoms with Crippen LogP contribution in [0.1, 0.15) is 334 Å². The van der Waals surface area contributed by atoms with Gasteiger partial charge in [-0.2, -0.15) is 0 Å². The summed E-state index contributed by atoms with van der Waals surface area (Å²) >= 11 is 0. The van der Waals surface area contributed by atoms with Crippen LogP contribution < -0.4 is 0 Å². The second kappa shape index (κ2) is 51.9. The van der Waals surface area contributed by atoms with Crippen molar-refractivity contribution in [1.82, 2.24) is 0 Å². The maximum absolute atomic E-state index is 12.5. The van der Waals surface area contributed by atoms with Crippen LogP contribution >= 0.6 is 0 Å².